The molecule has 3 aromatic rings. The molecule has 0 saturated heterocycles. The number of pyridine rings is 1. The highest BCUT2D eigenvalue weighted by Gasteiger charge is 2.07. The van der Waals surface area contributed by atoms with Crippen LogP contribution in [0.3, 0.4) is 0 Å². The second-order valence-electron chi connectivity index (χ2n) is 4.46. The zero-order chi connectivity index (χ0) is 14.7. The monoisotopic (exact) mass is 279 g/mol. The van der Waals surface area contributed by atoms with E-state index >= 15 is 0 Å². The van der Waals surface area contributed by atoms with Crippen molar-refractivity contribution in [2.75, 3.05) is 11.1 Å². The summed E-state index contributed by atoms with van der Waals surface area (Å²) in [6, 6.07) is 10.4. The van der Waals surface area contributed by atoms with Gasteiger partial charge in [-0.05, 0) is 36.4 Å². The van der Waals surface area contributed by atoms with Gasteiger partial charge in [-0.25, -0.2) is 4.68 Å². The summed E-state index contributed by atoms with van der Waals surface area (Å²) >= 11 is 0. The fraction of sp³-hybridized carbons (Fsp3) is 0. The lowest BCUT2D eigenvalue weighted by atomic mass is 10.2. The number of benzene rings is 1. The van der Waals surface area contributed by atoms with Crippen molar-refractivity contribution in [1.82, 2.24) is 14.8 Å². The molecule has 0 bridgehead atoms. The van der Waals surface area contributed by atoms with Gasteiger partial charge in [-0.15, -0.1) is 0 Å². The normalized spacial score (nSPS) is 10.3. The number of carbonyl (C=O) groups excluding carboxylic acids is 1. The summed E-state index contributed by atoms with van der Waals surface area (Å²) in [7, 11) is 0. The zero-order valence-corrected chi connectivity index (χ0v) is 11.1. The largest absolute Gasteiger partial charge is 0.399 e. The molecule has 0 fully saturated rings. The molecule has 0 spiro atoms. The van der Waals surface area contributed by atoms with Gasteiger partial charge in [-0.2, -0.15) is 5.10 Å². The van der Waals surface area contributed by atoms with Crippen LogP contribution in [-0.4, -0.2) is 20.7 Å². The summed E-state index contributed by atoms with van der Waals surface area (Å²) in [5.74, 6) is -0.204. The predicted molar refractivity (Wildman–Crippen MR) is 80.2 cm³/mol. The van der Waals surface area contributed by atoms with E-state index in [1.807, 2.05) is 12.1 Å². The van der Waals surface area contributed by atoms with Crippen molar-refractivity contribution in [2.24, 2.45) is 0 Å². The first kappa shape index (κ1) is 12.9. The van der Waals surface area contributed by atoms with Gasteiger partial charge in [-0.1, -0.05) is 0 Å². The van der Waals surface area contributed by atoms with Crippen molar-refractivity contribution < 1.29 is 4.79 Å². The molecule has 1 amide bonds. The Morgan fingerprint density at radius 3 is 2.52 bits per heavy atom. The van der Waals surface area contributed by atoms with E-state index in [-0.39, 0.29) is 5.91 Å². The smallest absolute Gasteiger partial charge is 0.255 e. The molecule has 21 heavy (non-hydrogen) atoms. The minimum atomic E-state index is -0.204. The van der Waals surface area contributed by atoms with E-state index in [1.165, 1.54) is 0 Å². The maximum absolute atomic E-state index is 12.1. The molecule has 1 aromatic carbocycles. The average Bonchev–Trinajstić information content (AvgIpc) is 2.97. The van der Waals surface area contributed by atoms with E-state index in [4.69, 9.17) is 5.73 Å². The molecule has 2 heterocycles. The van der Waals surface area contributed by atoms with Gasteiger partial charge in [-0.3, -0.25) is 9.78 Å². The third-order valence-corrected chi connectivity index (χ3v) is 2.94. The van der Waals surface area contributed by atoms with Crippen LogP contribution in [0, 0.1) is 0 Å². The van der Waals surface area contributed by atoms with E-state index in [9.17, 15) is 4.79 Å². The van der Waals surface area contributed by atoms with E-state index in [1.54, 1.807) is 53.7 Å². The summed E-state index contributed by atoms with van der Waals surface area (Å²) in [6.45, 7) is 0. The van der Waals surface area contributed by atoms with Gasteiger partial charge in [0.1, 0.15) is 0 Å². The van der Waals surface area contributed by atoms with Gasteiger partial charge >= 0.3 is 0 Å². The van der Waals surface area contributed by atoms with Gasteiger partial charge in [0.15, 0.2) is 0 Å². The molecule has 6 heteroatoms. The summed E-state index contributed by atoms with van der Waals surface area (Å²) in [6.07, 6.45) is 6.70. The Bertz CT molecular complexity index is 749. The summed E-state index contributed by atoms with van der Waals surface area (Å²) < 4.78 is 1.67. The van der Waals surface area contributed by atoms with Gasteiger partial charge in [0.2, 0.25) is 0 Å². The van der Waals surface area contributed by atoms with Crippen molar-refractivity contribution in [2.45, 2.75) is 0 Å². The van der Waals surface area contributed by atoms with Crippen molar-refractivity contribution in [3.8, 4) is 5.69 Å². The van der Waals surface area contributed by atoms with Crippen LogP contribution in [0.4, 0.5) is 11.4 Å². The number of anilines is 2. The third kappa shape index (κ3) is 2.89. The number of nitrogens with zero attached hydrogens (tertiary/aromatic N) is 3. The second kappa shape index (κ2) is 5.46. The minimum absolute atomic E-state index is 0.204. The van der Waals surface area contributed by atoms with Crippen molar-refractivity contribution in [3.63, 3.8) is 0 Å². The Morgan fingerprint density at radius 1 is 1.10 bits per heavy atom. The maximum atomic E-state index is 12.1. The third-order valence-electron chi connectivity index (χ3n) is 2.94. The number of aromatic nitrogens is 3. The topological polar surface area (TPSA) is 85.8 Å². The zero-order valence-electron chi connectivity index (χ0n) is 11.1. The van der Waals surface area contributed by atoms with Crippen LogP contribution >= 0.6 is 0 Å². The molecule has 6 nitrogen and oxygen atoms in total. The lowest BCUT2D eigenvalue weighted by Gasteiger charge is -2.03. The van der Waals surface area contributed by atoms with Crippen LogP contribution in [0.25, 0.3) is 5.69 Å². The lowest BCUT2D eigenvalue weighted by Crippen LogP contribution is -2.11. The Balaban J connectivity index is 1.75. The van der Waals surface area contributed by atoms with Crippen LogP contribution < -0.4 is 11.1 Å². The number of nitrogens with two attached hydrogens (primary N) is 1. The first-order valence-corrected chi connectivity index (χ1v) is 6.34. The van der Waals surface area contributed by atoms with Crippen LogP contribution in [-0.2, 0) is 0 Å². The molecule has 0 radical (unpaired) electrons. The number of nitrogens with one attached hydrogen (secondary N) is 1. The van der Waals surface area contributed by atoms with Crippen LogP contribution in [0.15, 0.2) is 61.2 Å². The Hall–Kier alpha value is -3.15. The highest BCUT2D eigenvalue weighted by atomic mass is 16.1. The molecular weight excluding hydrogens is 266 g/mol. The van der Waals surface area contributed by atoms with Gasteiger partial charge in [0, 0.05) is 23.6 Å². The summed E-state index contributed by atoms with van der Waals surface area (Å²) in [5.41, 5.74) is 8.25. The molecule has 0 unspecified atom stereocenters. The number of nitrogen functional groups attached to an aromatic ring is 1. The lowest BCUT2D eigenvalue weighted by molar-refractivity contribution is 0.102. The number of hydrogen-bond acceptors (Lipinski definition) is 4. The SMILES string of the molecule is Nc1ccc(C(=O)Nc2cnn(-c3ccncc3)c2)cc1. The van der Waals surface area contributed by atoms with E-state index in [2.05, 4.69) is 15.4 Å². The van der Waals surface area contributed by atoms with Crippen LogP contribution in [0.1, 0.15) is 10.4 Å². The van der Waals surface area contributed by atoms with Crippen molar-refractivity contribution >= 4 is 17.3 Å². The molecule has 0 aliphatic heterocycles. The first-order chi connectivity index (χ1) is 10.2. The molecule has 0 atom stereocenters. The summed E-state index contributed by atoms with van der Waals surface area (Å²) in [5, 5.41) is 6.99. The fourth-order valence-corrected chi connectivity index (χ4v) is 1.86. The maximum Gasteiger partial charge on any atom is 0.255 e. The van der Waals surface area contributed by atoms with E-state index in [0.29, 0.717) is 16.9 Å². The Morgan fingerprint density at radius 2 is 1.81 bits per heavy atom. The molecule has 104 valence electrons. The van der Waals surface area contributed by atoms with Crippen molar-refractivity contribution in [1.29, 1.82) is 0 Å². The molecule has 2 aromatic heterocycles. The van der Waals surface area contributed by atoms with Crippen LogP contribution in [0.2, 0.25) is 0 Å². The molecular formula is C15H13N5O. The highest BCUT2D eigenvalue weighted by Crippen LogP contribution is 2.13. The molecule has 0 saturated carbocycles. The van der Waals surface area contributed by atoms with Gasteiger partial charge in [0.05, 0.1) is 23.8 Å². The Labute approximate surface area is 121 Å². The van der Waals surface area contributed by atoms with E-state index < -0.39 is 0 Å². The number of rotatable bonds is 3. The quantitative estimate of drug-likeness (QED) is 0.719. The van der Waals surface area contributed by atoms with Crippen LogP contribution in [0.5, 0.6) is 0 Å². The average molecular weight is 279 g/mol. The summed E-state index contributed by atoms with van der Waals surface area (Å²) in [4.78, 5) is 16.0. The standard InChI is InChI=1S/C15H13N5O/c16-12-3-1-11(2-4-12)15(21)19-13-9-18-20(10-13)14-5-7-17-8-6-14/h1-10H,16H2,(H,19,21). The first-order valence-electron chi connectivity index (χ1n) is 6.34. The van der Waals surface area contributed by atoms with E-state index in [0.717, 1.165) is 5.69 Å². The highest BCUT2D eigenvalue weighted by molar-refractivity contribution is 6.04. The van der Waals surface area contributed by atoms with Gasteiger partial charge < -0.3 is 11.1 Å². The minimum Gasteiger partial charge on any atom is -0.399 e. The van der Waals surface area contributed by atoms with Gasteiger partial charge in [0.25, 0.3) is 5.91 Å². The number of amides is 1. The predicted octanol–water partition coefficient (Wildman–Crippen LogP) is 2.10. The molecule has 0 aliphatic carbocycles. The Kier molecular flexibility index (Phi) is 3.34. The number of carbonyl (C=O) groups is 1. The second-order valence-corrected chi connectivity index (χ2v) is 4.46. The molecule has 0 aliphatic rings. The number of hydrogen-bond donors (Lipinski definition) is 2. The molecule has 3 rings (SSSR count). The van der Waals surface area contributed by atoms with Crippen molar-refractivity contribution in [3.05, 3.63) is 66.7 Å². The fourth-order valence-electron chi connectivity index (χ4n) is 1.86. The molecule has 3 N–H and O–H groups in total.